The maximum atomic E-state index is 10.8. The van der Waals surface area contributed by atoms with Gasteiger partial charge in [0, 0.05) is 11.5 Å². The topological polar surface area (TPSA) is 108 Å². The van der Waals surface area contributed by atoms with E-state index in [0.29, 0.717) is 22.5 Å². The molecule has 0 atom stereocenters. The molecule has 0 aliphatic heterocycles. The Morgan fingerprint density at radius 3 is 2.55 bits per heavy atom. The quantitative estimate of drug-likeness (QED) is 0.419. The fourth-order valence-corrected chi connectivity index (χ4v) is 2.06. The summed E-state index contributed by atoms with van der Waals surface area (Å²) < 4.78 is 16.2. The van der Waals surface area contributed by atoms with Crippen LogP contribution in [0.4, 0.5) is 5.69 Å². The van der Waals surface area contributed by atoms with Gasteiger partial charge in [-0.05, 0) is 24.3 Å². The third-order valence-electron chi connectivity index (χ3n) is 3.08. The van der Waals surface area contributed by atoms with Crippen molar-refractivity contribution in [2.24, 2.45) is 0 Å². The molecule has 0 N–H and O–H groups in total. The first kappa shape index (κ1) is 12.3. The van der Waals surface area contributed by atoms with Crippen molar-refractivity contribution in [3.63, 3.8) is 0 Å². The van der Waals surface area contributed by atoms with Gasteiger partial charge in [-0.15, -0.1) is 10.2 Å². The second-order valence-electron chi connectivity index (χ2n) is 4.48. The number of benzene rings is 1. The highest BCUT2D eigenvalue weighted by Gasteiger charge is 2.17. The number of rotatable bonds is 3. The van der Waals surface area contributed by atoms with E-state index in [9.17, 15) is 10.1 Å². The van der Waals surface area contributed by atoms with Gasteiger partial charge in [0.05, 0.1) is 17.3 Å². The molecule has 0 fully saturated rings. The predicted octanol–water partition coefficient (Wildman–Crippen LogP) is 3.65. The van der Waals surface area contributed by atoms with Gasteiger partial charge >= 0.3 is 0 Å². The lowest BCUT2D eigenvalue weighted by Crippen LogP contribution is -1.85. The zero-order valence-electron chi connectivity index (χ0n) is 10.9. The van der Waals surface area contributed by atoms with Crippen molar-refractivity contribution in [3.8, 4) is 23.3 Å². The van der Waals surface area contributed by atoms with Gasteiger partial charge in [0.2, 0.25) is 0 Å². The molecule has 0 radical (unpaired) electrons. The zero-order valence-corrected chi connectivity index (χ0v) is 10.9. The lowest BCUT2D eigenvalue weighted by Gasteiger charge is -1.89. The number of fused-ring (bicyclic) bond motifs is 1. The second-order valence-corrected chi connectivity index (χ2v) is 4.48. The van der Waals surface area contributed by atoms with Crippen LogP contribution in [-0.2, 0) is 0 Å². The Balaban J connectivity index is 1.76. The van der Waals surface area contributed by atoms with Crippen LogP contribution in [0.5, 0.6) is 0 Å². The molecule has 108 valence electrons. The van der Waals surface area contributed by atoms with Gasteiger partial charge in [-0.25, -0.2) is 0 Å². The van der Waals surface area contributed by atoms with Crippen LogP contribution < -0.4 is 0 Å². The van der Waals surface area contributed by atoms with E-state index < -0.39 is 4.92 Å². The number of hydrogen-bond acceptors (Lipinski definition) is 7. The van der Waals surface area contributed by atoms with Crippen molar-refractivity contribution in [1.82, 2.24) is 10.2 Å². The number of non-ortho nitro benzene ring substituents is 1. The fraction of sp³-hybridized carbons (Fsp3) is 0. The molecule has 0 spiro atoms. The Bertz CT molecular complexity index is 968. The van der Waals surface area contributed by atoms with Crippen LogP contribution in [0.1, 0.15) is 0 Å². The maximum absolute atomic E-state index is 10.8. The van der Waals surface area contributed by atoms with E-state index in [1.807, 2.05) is 0 Å². The minimum Gasteiger partial charge on any atom is -0.459 e. The summed E-state index contributed by atoms with van der Waals surface area (Å²) in [6.45, 7) is 0. The van der Waals surface area contributed by atoms with Gasteiger partial charge in [-0.1, -0.05) is 0 Å². The summed E-state index contributed by atoms with van der Waals surface area (Å²) in [4.78, 5) is 10.3. The molecule has 0 saturated carbocycles. The summed E-state index contributed by atoms with van der Waals surface area (Å²) in [7, 11) is 0. The molecule has 0 aliphatic rings. The summed E-state index contributed by atoms with van der Waals surface area (Å²) in [5.74, 6) is 1.18. The molecule has 0 bridgehead atoms. The molecule has 8 nitrogen and oxygen atoms in total. The Hall–Kier alpha value is -3.42. The number of hydrogen-bond donors (Lipinski definition) is 0. The standard InChI is InChI=1S/C14H7N3O5/c18-17(19)9-4-3-8-6-12(21-11(8)7-9)14-16-15-13(22-14)10-2-1-5-20-10/h1-7H. The third kappa shape index (κ3) is 1.94. The first-order valence-corrected chi connectivity index (χ1v) is 6.26. The number of nitro groups is 1. The van der Waals surface area contributed by atoms with E-state index in [0.717, 1.165) is 0 Å². The smallest absolute Gasteiger partial charge is 0.284 e. The highest BCUT2D eigenvalue weighted by molar-refractivity contribution is 5.83. The molecular formula is C14H7N3O5. The molecular weight excluding hydrogens is 290 g/mol. The molecule has 22 heavy (non-hydrogen) atoms. The van der Waals surface area contributed by atoms with Crippen LogP contribution in [0.15, 0.2) is 55.9 Å². The SMILES string of the molecule is O=[N+]([O-])c1ccc2cc(-c3nnc(-c4ccco4)o3)oc2c1. The highest BCUT2D eigenvalue weighted by atomic mass is 16.6. The number of aromatic nitrogens is 2. The Kier molecular flexibility index (Phi) is 2.55. The molecule has 0 saturated heterocycles. The van der Waals surface area contributed by atoms with Crippen molar-refractivity contribution in [3.05, 3.63) is 52.8 Å². The molecule has 3 aromatic heterocycles. The molecule has 1 aromatic carbocycles. The van der Waals surface area contributed by atoms with Crippen molar-refractivity contribution in [1.29, 1.82) is 0 Å². The molecule has 0 aliphatic carbocycles. The van der Waals surface area contributed by atoms with Gasteiger partial charge in [0.1, 0.15) is 5.58 Å². The fourth-order valence-electron chi connectivity index (χ4n) is 2.06. The Labute approximate surface area is 122 Å². The van der Waals surface area contributed by atoms with E-state index >= 15 is 0 Å². The van der Waals surface area contributed by atoms with Crippen LogP contribution >= 0.6 is 0 Å². The Morgan fingerprint density at radius 1 is 1.00 bits per heavy atom. The molecule has 4 rings (SSSR count). The van der Waals surface area contributed by atoms with Gasteiger partial charge in [0.25, 0.3) is 17.5 Å². The van der Waals surface area contributed by atoms with E-state index in [1.165, 1.54) is 18.4 Å². The van der Waals surface area contributed by atoms with Crippen LogP contribution in [0.25, 0.3) is 34.3 Å². The van der Waals surface area contributed by atoms with Gasteiger partial charge in [-0.2, -0.15) is 0 Å². The van der Waals surface area contributed by atoms with Crippen LogP contribution in [0.3, 0.4) is 0 Å². The number of nitrogens with zero attached hydrogens (tertiary/aromatic N) is 3. The first-order chi connectivity index (χ1) is 10.7. The van der Waals surface area contributed by atoms with Crippen molar-refractivity contribution >= 4 is 16.7 Å². The van der Waals surface area contributed by atoms with Gasteiger partial charge < -0.3 is 13.3 Å². The van der Waals surface area contributed by atoms with Crippen molar-refractivity contribution < 1.29 is 18.2 Å². The van der Waals surface area contributed by atoms with E-state index in [1.54, 1.807) is 24.3 Å². The van der Waals surface area contributed by atoms with Gasteiger partial charge in [-0.3, -0.25) is 10.1 Å². The predicted molar refractivity (Wildman–Crippen MR) is 73.9 cm³/mol. The van der Waals surface area contributed by atoms with E-state index in [4.69, 9.17) is 13.3 Å². The normalized spacial score (nSPS) is 11.1. The van der Waals surface area contributed by atoms with Gasteiger partial charge in [0.15, 0.2) is 11.5 Å². The summed E-state index contributed by atoms with van der Waals surface area (Å²) >= 11 is 0. The summed E-state index contributed by atoms with van der Waals surface area (Å²) in [6, 6.07) is 9.44. The van der Waals surface area contributed by atoms with Crippen LogP contribution in [0, 0.1) is 10.1 Å². The van der Waals surface area contributed by atoms with Crippen LogP contribution in [0.2, 0.25) is 0 Å². The molecule has 8 heteroatoms. The monoisotopic (exact) mass is 297 g/mol. The maximum Gasteiger partial charge on any atom is 0.284 e. The summed E-state index contributed by atoms with van der Waals surface area (Å²) in [6.07, 6.45) is 1.50. The Morgan fingerprint density at radius 2 is 1.82 bits per heavy atom. The molecule has 4 aromatic rings. The van der Waals surface area contributed by atoms with E-state index in [2.05, 4.69) is 10.2 Å². The van der Waals surface area contributed by atoms with Crippen molar-refractivity contribution in [2.45, 2.75) is 0 Å². The molecule has 3 heterocycles. The van der Waals surface area contributed by atoms with Crippen LogP contribution in [-0.4, -0.2) is 15.1 Å². The zero-order chi connectivity index (χ0) is 15.1. The summed E-state index contributed by atoms with van der Waals surface area (Å²) in [5, 5.41) is 19.2. The molecule has 0 unspecified atom stereocenters. The lowest BCUT2D eigenvalue weighted by molar-refractivity contribution is -0.384. The summed E-state index contributed by atoms with van der Waals surface area (Å²) in [5.41, 5.74) is 0.331. The van der Waals surface area contributed by atoms with Crippen molar-refractivity contribution in [2.75, 3.05) is 0 Å². The number of nitro benzene ring substituents is 1. The van der Waals surface area contributed by atoms with E-state index in [-0.39, 0.29) is 17.5 Å². The first-order valence-electron chi connectivity index (χ1n) is 6.26. The molecule has 0 amide bonds. The highest BCUT2D eigenvalue weighted by Crippen LogP contribution is 2.31. The third-order valence-corrected chi connectivity index (χ3v) is 3.08. The average molecular weight is 297 g/mol. The lowest BCUT2D eigenvalue weighted by atomic mass is 10.2. The number of furan rings is 2. The average Bonchev–Trinajstić information content (AvgIpc) is 3.24. The largest absolute Gasteiger partial charge is 0.459 e. The minimum atomic E-state index is -0.483. The second kappa shape index (κ2) is 4.55. The minimum absolute atomic E-state index is 0.0461.